The van der Waals surface area contributed by atoms with E-state index in [1.807, 2.05) is 0 Å². The highest BCUT2D eigenvalue weighted by atomic mass is 16.3. The Balaban J connectivity index is 2.60. The first kappa shape index (κ1) is 17.9. The quantitative estimate of drug-likeness (QED) is 0.754. The van der Waals surface area contributed by atoms with Gasteiger partial charge in [-0.2, -0.15) is 0 Å². The minimum Gasteiger partial charge on any atom is -0.396 e. The summed E-state index contributed by atoms with van der Waals surface area (Å²) in [6, 6.07) is 0. The van der Waals surface area contributed by atoms with Crippen LogP contribution in [0.4, 0.5) is 0 Å². The molecule has 0 bridgehead atoms. The molecule has 3 nitrogen and oxygen atoms in total. The lowest BCUT2D eigenvalue weighted by Gasteiger charge is -2.42. The molecule has 0 amide bonds. The number of nitrogens with zero attached hydrogens (tertiary/aromatic N) is 1. The third-order valence-electron chi connectivity index (χ3n) is 4.91. The minimum absolute atomic E-state index is 0.186. The Morgan fingerprint density at radius 1 is 1.20 bits per heavy atom. The fraction of sp³-hybridized carbons (Fsp3) is 1.00. The van der Waals surface area contributed by atoms with Crippen LogP contribution >= 0.6 is 0 Å². The maximum atomic E-state index is 9.39. The summed E-state index contributed by atoms with van der Waals surface area (Å²) >= 11 is 0. The van der Waals surface area contributed by atoms with E-state index in [0.29, 0.717) is 17.9 Å². The van der Waals surface area contributed by atoms with Crippen molar-refractivity contribution in [2.24, 2.45) is 11.3 Å². The van der Waals surface area contributed by atoms with Crippen LogP contribution in [0, 0.1) is 11.3 Å². The highest BCUT2D eigenvalue weighted by molar-refractivity contribution is 4.87. The van der Waals surface area contributed by atoms with E-state index in [1.165, 1.54) is 38.8 Å². The van der Waals surface area contributed by atoms with Gasteiger partial charge in [-0.25, -0.2) is 0 Å². The maximum Gasteiger partial charge on any atom is 0.0471 e. The van der Waals surface area contributed by atoms with Crippen molar-refractivity contribution in [3.8, 4) is 0 Å². The number of hydrogen-bond acceptors (Lipinski definition) is 3. The molecule has 3 heteroatoms. The summed E-state index contributed by atoms with van der Waals surface area (Å²) in [6.45, 7) is 16.2. The molecule has 1 heterocycles. The van der Waals surface area contributed by atoms with Gasteiger partial charge in [-0.1, -0.05) is 13.8 Å². The van der Waals surface area contributed by atoms with E-state index in [-0.39, 0.29) is 5.54 Å². The van der Waals surface area contributed by atoms with E-state index >= 15 is 0 Å². The topological polar surface area (TPSA) is 35.5 Å². The van der Waals surface area contributed by atoms with E-state index < -0.39 is 0 Å². The molecule has 1 aliphatic rings. The summed E-state index contributed by atoms with van der Waals surface area (Å²) in [5, 5.41) is 13.1. The molecule has 120 valence electrons. The highest BCUT2D eigenvalue weighted by Gasteiger charge is 2.31. The zero-order valence-electron chi connectivity index (χ0n) is 14.3. The molecule has 1 aliphatic heterocycles. The molecule has 0 saturated carbocycles. The highest BCUT2D eigenvalue weighted by Crippen LogP contribution is 2.29. The Morgan fingerprint density at radius 3 is 2.35 bits per heavy atom. The van der Waals surface area contributed by atoms with Gasteiger partial charge in [-0.3, -0.25) is 0 Å². The Hall–Kier alpha value is -0.120. The SMILES string of the molecule is CCC(CC)(CNC(C)(C)C)CN1CCCC(CO)C1. The molecular formula is C17H36N2O. The lowest BCUT2D eigenvalue weighted by Crippen LogP contribution is -2.50. The molecule has 0 aromatic heterocycles. The van der Waals surface area contributed by atoms with Gasteiger partial charge in [0.2, 0.25) is 0 Å². The largest absolute Gasteiger partial charge is 0.396 e. The van der Waals surface area contributed by atoms with E-state index in [9.17, 15) is 5.11 Å². The molecule has 0 aromatic rings. The molecule has 0 aromatic carbocycles. The van der Waals surface area contributed by atoms with Crippen molar-refractivity contribution < 1.29 is 5.11 Å². The molecule has 2 N–H and O–H groups in total. The van der Waals surface area contributed by atoms with Crippen molar-refractivity contribution in [1.82, 2.24) is 10.2 Å². The molecular weight excluding hydrogens is 248 g/mol. The minimum atomic E-state index is 0.186. The van der Waals surface area contributed by atoms with Gasteiger partial charge in [0.1, 0.15) is 0 Å². The van der Waals surface area contributed by atoms with Gasteiger partial charge in [-0.05, 0) is 64.3 Å². The van der Waals surface area contributed by atoms with E-state index in [1.54, 1.807) is 0 Å². The maximum absolute atomic E-state index is 9.39. The zero-order valence-corrected chi connectivity index (χ0v) is 14.3. The molecule has 0 aliphatic carbocycles. The second kappa shape index (κ2) is 7.77. The van der Waals surface area contributed by atoms with Crippen molar-refractivity contribution in [3.63, 3.8) is 0 Å². The first-order chi connectivity index (χ1) is 9.34. The number of piperidine rings is 1. The Labute approximate surface area is 126 Å². The molecule has 1 saturated heterocycles. The summed E-state index contributed by atoms with van der Waals surface area (Å²) in [7, 11) is 0. The van der Waals surface area contributed by atoms with E-state index in [4.69, 9.17) is 0 Å². The van der Waals surface area contributed by atoms with Crippen LogP contribution in [-0.2, 0) is 0 Å². The number of aliphatic hydroxyl groups excluding tert-OH is 1. The number of rotatable bonds is 7. The third-order valence-corrected chi connectivity index (χ3v) is 4.91. The van der Waals surface area contributed by atoms with Crippen molar-refractivity contribution in [2.75, 3.05) is 32.8 Å². The second-order valence-electron chi connectivity index (χ2n) is 7.74. The molecule has 1 atom stereocenters. The van der Waals surface area contributed by atoms with Crippen molar-refractivity contribution in [3.05, 3.63) is 0 Å². The molecule has 0 spiro atoms. The molecule has 1 fully saturated rings. The van der Waals surface area contributed by atoms with Crippen LogP contribution in [0.2, 0.25) is 0 Å². The van der Waals surface area contributed by atoms with Gasteiger partial charge in [0.15, 0.2) is 0 Å². The van der Waals surface area contributed by atoms with Crippen LogP contribution in [-0.4, -0.2) is 48.3 Å². The monoisotopic (exact) mass is 284 g/mol. The summed E-state index contributed by atoms with van der Waals surface area (Å²) in [5.74, 6) is 0.491. The van der Waals surface area contributed by atoms with Crippen LogP contribution in [0.25, 0.3) is 0 Å². The first-order valence-corrected chi connectivity index (χ1v) is 8.42. The Kier molecular flexibility index (Phi) is 6.96. The van der Waals surface area contributed by atoms with Gasteiger partial charge in [0, 0.05) is 31.8 Å². The zero-order chi connectivity index (χ0) is 15.2. The fourth-order valence-electron chi connectivity index (χ4n) is 3.15. The lowest BCUT2D eigenvalue weighted by molar-refractivity contribution is 0.0695. The van der Waals surface area contributed by atoms with Crippen LogP contribution in [0.5, 0.6) is 0 Å². The summed E-state index contributed by atoms with van der Waals surface area (Å²) in [4.78, 5) is 2.59. The molecule has 20 heavy (non-hydrogen) atoms. The summed E-state index contributed by atoms with van der Waals surface area (Å²) < 4.78 is 0. The average Bonchev–Trinajstić information content (AvgIpc) is 2.43. The second-order valence-corrected chi connectivity index (χ2v) is 7.74. The normalized spacial score (nSPS) is 22.2. The summed E-state index contributed by atoms with van der Waals surface area (Å²) in [5.41, 5.74) is 0.551. The number of hydrogen-bond donors (Lipinski definition) is 2. The number of aliphatic hydroxyl groups is 1. The van der Waals surface area contributed by atoms with Gasteiger partial charge in [0.05, 0.1) is 0 Å². The Bertz CT molecular complexity index is 269. The molecule has 1 unspecified atom stereocenters. The fourth-order valence-corrected chi connectivity index (χ4v) is 3.15. The average molecular weight is 284 g/mol. The number of likely N-dealkylation sites (tertiary alicyclic amines) is 1. The van der Waals surface area contributed by atoms with Crippen molar-refractivity contribution >= 4 is 0 Å². The van der Waals surface area contributed by atoms with Crippen LogP contribution < -0.4 is 5.32 Å². The van der Waals surface area contributed by atoms with Gasteiger partial charge in [-0.15, -0.1) is 0 Å². The Morgan fingerprint density at radius 2 is 1.85 bits per heavy atom. The third kappa shape index (κ3) is 5.71. The van der Waals surface area contributed by atoms with E-state index in [0.717, 1.165) is 13.1 Å². The smallest absolute Gasteiger partial charge is 0.0471 e. The van der Waals surface area contributed by atoms with Crippen LogP contribution in [0.15, 0.2) is 0 Å². The first-order valence-electron chi connectivity index (χ1n) is 8.42. The van der Waals surface area contributed by atoms with Crippen molar-refractivity contribution in [2.45, 2.75) is 65.8 Å². The van der Waals surface area contributed by atoms with Gasteiger partial charge < -0.3 is 15.3 Å². The van der Waals surface area contributed by atoms with Gasteiger partial charge in [0.25, 0.3) is 0 Å². The number of nitrogens with one attached hydrogen (secondary N) is 1. The molecule has 0 radical (unpaired) electrons. The van der Waals surface area contributed by atoms with Crippen LogP contribution in [0.3, 0.4) is 0 Å². The predicted molar refractivity (Wildman–Crippen MR) is 87.0 cm³/mol. The van der Waals surface area contributed by atoms with Gasteiger partial charge >= 0.3 is 0 Å². The molecule has 1 rings (SSSR count). The lowest BCUT2D eigenvalue weighted by atomic mass is 9.80. The van der Waals surface area contributed by atoms with Crippen LogP contribution in [0.1, 0.15) is 60.3 Å². The van der Waals surface area contributed by atoms with Crippen molar-refractivity contribution in [1.29, 1.82) is 0 Å². The summed E-state index contributed by atoms with van der Waals surface area (Å²) in [6.07, 6.45) is 4.86. The standard InChI is InChI=1S/C17H36N2O/c1-6-17(7-2,13-18-16(3,4)5)14-19-10-8-9-15(11-19)12-20/h15,18,20H,6-14H2,1-5H3. The van der Waals surface area contributed by atoms with E-state index in [2.05, 4.69) is 44.8 Å². The predicted octanol–water partition coefficient (Wildman–Crippen LogP) is 2.89.